The lowest BCUT2D eigenvalue weighted by molar-refractivity contribution is 0.0515. The Morgan fingerprint density at radius 1 is 1.38 bits per heavy atom. The molecule has 1 aromatic heterocycles. The number of benzene rings is 1. The monoisotopic (exact) mass is 283 g/mol. The van der Waals surface area contributed by atoms with Crippen molar-refractivity contribution in [2.24, 2.45) is 5.92 Å². The Morgan fingerprint density at radius 2 is 2.10 bits per heavy atom. The maximum absolute atomic E-state index is 10.3. The number of rotatable bonds is 5. The van der Waals surface area contributed by atoms with Crippen LogP contribution in [0.3, 0.4) is 0 Å². The fourth-order valence-corrected chi connectivity index (χ4v) is 2.56. The van der Waals surface area contributed by atoms with Crippen LogP contribution >= 0.6 is 0 Å². The molecule has 2 aromatic rings. The Labute approximate surface area is 125 Å². The minimum Gasteiger partial charge on any atom is -0.388 e. The second-order valence-corrected chi connectivity index (χ2v) is 6.14. The SMILES string of the molecule is CC(C)CC(C)(O)CNc1nc2ccccc2cc1C#N. The van der Waals surface area contributed by atoms with Crippen molar-refractivity contribution < 1.29 is 5.11 Å². The third kappa shape index (κ3) is 3.93. The quantitative estimate of drug-likeness (QED) is 0.883. The van der Waals surface area contributed by atoms with Crippen molar-refractivity contribution in [1.82, 2.24) is 4.98 Å². The third-order valence-electron chi connectivity index (χ3n) is 3.33. The lowest BCUT2D eigenvalue weighted by atomic mass is 9.94. The summed E-state index contributed by atoms with van der Waals surface area (Å²) < 4.78 is 0. The van der Waals surface area contributed by atoms with E-state index in [4.69, 9.17) is 0 Å². The second kappa shape index (κ2) is 6.11. The normalized spacial score (nSPS) is 13.9. The van der Waals surface area contributed by atoms with Gasteiger partial charge in [-0.1, -0.05) is 32.0 Å². The molecule has 1 aromatic carbocycles. The first-order valence-electron chi connectivity index (χ1n) is 7.17. The van der Waals surface area contributed by atoms with Crippen LogP contribution in [0.1, 0.15) is 32.8 Å². The number of fused-ring (bicyclic) bond motifs is 1. The van der Waals surface area contributed by atoms with E-state index in [1.807, 2.05) is 30.3 Å². The molecule has 0 aliphatic heterocycles. The van der Waals surface area contributed by atoms with Gasteiger partial charge in [-0.05, 0) is 31.4 Å². The van der Waals surface area contributed by atoms with Gasteiger partial charge in [0.25, 0.3) is 0 Å². The molecule has 4 nitrogen and oxygen atoms in total. The van der Waals surface area contributed by atoms with Crippen LogP contribution in [-0.4, -0.2) is 22.2 Å². The van der Waals surface area contributed by atoms with Gasteiger partial charge in [0, 0.05) is 11.9 Å². The zero-order valence-corrected chi connectivity index (χ0v) is 12.7. The van der Waals surface area contributed by atoms with Crippen LogP contribution in [0.25, 0.3) is 10.9 Å². The summed E-state index contributed by atoms with van der Waals surface area (Å²) in [5.41, 5.74) is 0.505. The van der Waals surface area contributed by atoms with E-state index in [1.54, 1.807) is 6.92 Å². The van der Waals surface area contributed by atoms with E-state index in [0.29, 0.717) is 30.3 Å². The molecule has 1 heterocycles. The van der Waals surface area contributed by atoms with Gasteiger partial charge in [0.05, 0.1) is 16.7 Å². The van der Waals surface area contributed by atoms with Crippen molar-refractivity contribution in [2.75, 3.05) is 11.9 Å². The lowest BCUT2D eigenvalue weighted by Crippen LogP contribution is -2.35. The molecule has 4 heteroatoms. The van der Waals surface area contributed by atoms with Gasteiger partial charge >= 0.3 is 0 Å². The summed E-state index contributed by atoms with van der Waals surface area (Å²) in [6.45, 7) is 6.31. The summed E-state index contributed by atoms with van der Waals surface area (Å²) in [6, 6.07) is 11.7. The fraction of sp³-hybridized carbons (Fsp3) is 0.412. The van der Waals surface area contributed by atoms with Crippen LogP contribution in [0.2, 0.25) is 0 Å². The molecule has 0 saturated carbocycles. The summed E-state index contributed by atoms with van der Waals surface area (Å²) in [4.78, 5) is 4.48. The summed E-state index contributed by atoms with van der Waals surface area (Å²) >= 11 is 0. The van der Waals surface area contributed by atoms with Crippen LogP contribution in [0, 0.1) is 17.2 Å². The van der Waals surface area contributed by atoms with Gasteiger partial charge in [-0.25, -0.2) is 4.98 Å². The average Bonchev–Trinajstić information content (AvgIpc) is 2.42. The lowest BCUT2D eigenvalue weighted by Gasteiger charge is -2.26. The zero-order chi connectivity index (χ0) is 15.5. The van der Waals surface area contributed by atoms with Crippen molar-refractivity contribution in [2.45, 2.75) is 32.8 Å². The molecule has 1 atom stereocenters. The number of nitrogens with one attached hydrogen (secondary N) is 1. The molecule has 1 unspecified atom stereocenters. The number of aromatic nitrogens is 1. The van der Waals surface area contributed by atoms with E-state index < -0.39 is 5.60 Å². The Kier molecular flexibility index (Phi) is 4.44. The first-order valence-corrected chi connectivity index (χ1v) is 7.17. The van der Waals surface area contributed by atoms with Crippen molar-refractivity contribution in [3.05, 3.63) is 35.9 Å². The standard InChI is InChI=1S/C17H21N3O/c1-12(2)9-17(3,21)11-19-16-14(10-18)8-13-6-4-5-7-15(13)20-16/h4-8,12,21H,9,11H2,1-3H3,(H,19,20). The molecule has 0 fully saturated rings. The molecular weight excluding hydrogens is 262 g/mol. The maximum atomic E-state index is 10.3. The van der Waals surface area contributed by atoms with Gasteiger partial charge in [0.15, 0.2) is 0 Å². The predicted octanol–water partition coefficient (Wildman–Crippen LogP) is 3.32. The average molecular weight is 283 g/mol. The Morgan fingerprint density at radius 3 is 2.76 bits per heavy atom. The Hall–Kier alpha value is -2.12. The van der Waals surface area contributed by atoms with Crippen LogP contribution in [0.15, 0.2) is 30.3 Å². The third-order valence-corrected chi connectivity index (χ3v) is 3.33. The molecule has 0 aliphatic rings. The smallest absolute Gasteiger partial charge is 0.144 e. The number of pyridine rings is 1. The number of anilines is 1. The highest BCUT2D eigenvalue weighted by atomic mass is 16.3. The number of nitrogens with zero attached hydrogens (tertiary/aromatic N) is 2. The van der Waals surface area contributed by atoms with E-state index in [1.165, 1.54) is 0 Å². The maximum Gasteiger partial charge on any atom is 0.144 e. The van der Waals surface area contributed by atoms with E-state index in [2.05, 4.69) is 30.2 Å². The fourth-order valence-electron chi connectivity index (χ4n) is 2.56. The highest BCUT2D eigenvalue weighted by Crippen LogP contribution is 2.22. The van der Waals surface area contributed by atoms with E-state index in [0.717, 1.165) is 10.9 Å². The van der Waals surface area contributed by atoms with Crippen molar-refractivity contribution in [1.29, 1.82) is 5.26 Å². The van der Waals surface area contributed by atoms with Gasteiger partial charge in [0.2, 0.25) is 0 Å². The van der Waals surface area contributed by atoms with Crippen LogP contribution in [-0.2, 0) is 0 Å². The highest BCUT2D eigenvalue weighted by molar-refractivity contribution is 5.82. The Bertz CT molecular complexity index is 671. The minimum absolute atomic E-state index is 0.366. The topological polar surface area (TPSA) is 68.9 Å². The van der Waals surface area contributed by atoms with Gasteiger partial charge < -0.3 is 10.4 Å². The van der Waals surface area contributed by atoms with Gasteiger partial charge in [-0.15, -0.1) is 0 Å². The number of aliphatic hydroxyl groups is 1. The van der Waals surface area contributed by atoms with Crippen LogP contribution in [0.5, 0.6) is 0 Å². The molecule has 21 heavy (non-hydrogen) atoms. The summed E-state index contributed by atoms with van der Waals surface area (Å²) in [6.07, 6.45) is 0.690. The van der Waals surface area contributed by atoms with E-state index >= 15 is 0 Å². The molecule has 0 amide bonds. The minimum atomic E-state index is -0.825. The van der Waals surface area contributed by atoms with Gasteiger partial charge in [-0.3, -0.25) is 0 Å². The molecule has 0 bridgehead atoms. The molecule has 0 aliphatic carbocycles. The molecule has 0 saturated heterocycles. The zero-order valence-electron chi connectivity index (χ0n) is 12.7. The van der Waals surface area contributed by atoms with Crippen LogP contribution in [0.4, 0.5) is 5.82 Å². The summed E-state index contributed by atoms with van der Waals surface area (Å²) in [5, 5.41) is 23.7. The van der Waals surface area contributed by atoms with Crippen LogP contribution < -0.4 is 5.32 Å². The molecule has 0 spiro atoms. The van der Waals surface area contributed by atoms with Gasteiger partial charge in [-0.2, -0.15) is 5.26 Å². The second-order valence-electron chi connectivity index (χ2n) is 6.14. The number of para-hydroxylation sites is 1. The number of hydrogen-bond donors (Lipinski definition) is 2. The molecule has 110 valence electrons. The van der Waals surface area contributed by atoms with Crippen molar-refractivity contribution in [3.8, 4) is 6.07 Å². The Balaban J connectivity index is 2.23. The van der Waals surface area contributed by atoms with E-state index in [9.17, 15) is 10.4 Å². The molecule has 0 radical (unpaired) electrons. The first-order chi connectivity index (χ1) is 9.91. The van der Waals surface area contributed by atoms with Gasteiger partial charge in [0.1, 0.15) is 11.9 Å². The summed E-state index contributed by atoms with van der Waals surface area (Å²) in [7, 11) is 0. The number of hydrogen-bond acceptors (Lipinski definition) is 4. The highest BCUT2D eigenvalue weighted by Gasteiger charge is 2.22. The largest absolute Gasteiger partial charge is 0.388 e. The van der Waals surface area contributed by atoms with Crippen molar-refractivity contribution in [3.63, 3.8) is 0 Å². The first kappa shape index (κ1) is 15.3. The molecular formula is C17H21N3O. The molecule has 2 N–H and O–H groups in total. The van der Waals surface area contributed by atoms with E-state index in [-0.39, 0.29) is 0 Å². The molecule has 2 rings (SSSR count). The number of nitriles is 1. The summed E-state index contributed by atoms with van der Waals surface area (Å²) in [5.74, 6) is 0.932. The van der Waals surface area contributed by atoms with Crippen molar-refractivity contribution >= 4 is 16.7 Å². The predicted molar refractivity (Wildman–Crippen MR) is 85.0 cm³/mol.